The number of rotatable bonds is 4. The molecular weight excluding hydrogens is 290 g/mol. The van der Waals surface area contributed by atoms with Crippen molar-refractivity contribution in [3.8, 4) is 22.4 Å². The van der Waals surface area contributed by atoms with Crippen LogP contribution in [0.5, 0.6) is 0 Å². The number of carbonyl (C=O) groups is 1. The van der Waals surface area contributed by atoms with Gasteiger partial charge in [0, 0.05) is 47.7 Å². The number of aromatic nitrogens is 3. The third kappa shape index (κ3) is 3.23. The average Bonchev–Trinajstić information content (AvgIpc) is 2.63. The SMILES string of the molecule is CCOC(=O)c1cc(-c2cccnc2)cnc1-c1cccnc1. The molecule has 0 bridgehead atoms. The lowest BCUT2D eigenvalue weighted by atomic mass is 10.0. The highest BCUT2D eigenvalue weighted by molar-refractivity contribution is 5.97. The average molecular weight is 305 g/mol. The molecule has 0 saturated carbocycles. The maximum absolute atomic E-state index is 12.3. The van der Waals surface area contributed by atoms with Gasteiger partial charge in [-0.05, 0) is 31.2 Å². The molecule has 3 aromatic heterocycles. The highest BCUT2D eigenvalue weighted by Crippen LogP contribution is 2.26. The van der Waals surface area contributed by atoms with Gasteiger partial charge in [0.1, 0.15) is 0 Å². The number of carbonyl (C=O) groups excluding carboxylic acids is 1. The van der Waals surface area contributed by atoms with E-state index < -0.39 is 5.97 Å². The van der Waals surface area contributed by atoms with E-state index in [9.17, 15) is 4.79 Å². The molecule has 0 fully saturated rings. The Morgan fingerprint density at radius 2 is 1.70 bits per heavy atom. The number of pyridine rings is 3. The Morgan fingerprint density at radius 1 is 1.00 bits per heavy atom. The van der Waals surface area contributed by atoms with E-state index in [1.165, 1.54) is 0 Å². The molecule has 5 heteroatoms. The van der Waals surface area contributed by atoms with Crippen LogP contribution in [0, 0.1) is 0 Å². The quantitative estimate of drug-likeness (QED) is 0.691. The smallest absolute Gasteiger partial charge is 0.340 e. The fourth-order valence-corrected chi connectivity index (χ4v) is 2.25. The molecule has 0 aliphatic carbocycles. The molecule has 3 rings (SSSR count). The summed E-state index contributed by atoms with van der Waals surface area (Å²) in [5.41, 5.74) is 3.45. The van der Waals surface area contributed by atoms with Gasteiger partial charge in [-0.25, -0.2) is 4.79 Å². The second-order valence-corrected chi connectivity index (χ2v) is 4.82. The number of hydrogen-bond acceptors (Lipinski definition) is 5. The van der Waals surface area contributed by atoms with E-state index in [4.69, 9.17) is 4.74 Å². The third-order valence-electron chi connectivity index (χ3n) is 3.31. The van der Waals surface area contributed by atoms with Crippen LogP contribution in [-0.2, 0) is 4.74 Å². The first-order valence-corrected chi connectivity index (χ1v) is 7.27. The monoisotopic (exact) mass is 305 g/mol. The maximum atomic E-state index is 12.3. The van der Waals surface area contributed by atoms with E-state index in [0.717, 1.165) is 16.7 Å². The zero-order valence-electron chi connectivity index (χ0n) is 12.6. The molecule has 114 valence electrons. The van der Waals surface area contributed by atoms with Gasteiger partial charge in [-0.3, -0.25) is 15.0 Å². The van der Waals surface area contributed by atoms with Gasteiger partial charge in [0.05, 0.1) is 17.9 Å². The first kappa shape index (κ1) is 14.8. The summed E-state index contributed by atoms with van der Waals surface area (Å²) in [7, 11) is 0. The highest BCUT2D eigenvalue weighted by Gasteiger charge is 2.17. The minimum absolute atomic E-state index is 0.308. The summed E-state index contributed by atoms with van der Waals surface area (Å²) in [5, 5.41) is 0. The number of nitrogens with zero attached hydrogens (tertiary/aromatic N) is 3. The molecule has 0 spiro atoms. The van der Waals surface area contributed by atoms with Crippen LogP contribution in [0.3, 0.4) is 0 Å². The Morgan fingerprint density at radius 3 is 2.30 bits per heavy atom. The van der Waals surface area contributed by atoms with E-state index in [1.54, 1.807) is 50.0 Å². The number of ether oxygens (including phenoxy) is 1. The van der Waals surface area contributed by atoms with E-state index in [2.05, 4.69) is 15.0 Å². The Kier molecular flexibility index (Phi) is 4.38. The van der Waals surface area contributed by atoms with Crippen molar-refractivity contribution in [2.75, 3.05) is 6.61 Å². The van der Waals surface area contributed by atoms with E-state index in [1.807, 2.05) is 18.2 Å². The molecule has 0 aliphatic rings. The lowest BCUT2D eigenvalue weighted by Gasteiger charge is -2.10. The highest BCUT2D eigenvalue weighted by atomic mass is 16.5. The predicted molar refractivity (Wildman–Crippen MR) is 86.7 cm³/mol. The maximum Gasteiger partial charge on any atom is 0.340 e. The first-order chi connectivity index (χ1) is 11.3. The summed E-state index contributed by atoms with van der Waals surface area (Å²) in [5.74, 6) is -0.399. The molecule has 3 aromatic rings. The van der Waals surface area contributed by atoms with Crippen molar-refractivity contribution in [2.45, 2.75) is 6.92 Å². The van der Waals surface area contributed by atoms with Gasteiger partial charge in [-0.1, -0.05) is 6.07 Å². The van der Waals surface area contributed by atoms with Crippen LogP contribution in [-0.4, -0.2) is 27.5 Å². The molecule has 0 amide bonds. The van der Waals surface area contributed by atoms with Crippen LogP contribution in [0.1, 0.15) is 17.3 Å². The van der Waals surface area contributed by atoms with Crippen molar-refractivity contribution in [1.29, 1.82) is 0 Å². The standard InChI is InChI=1S/C18H15N3O2/c1-2-23-18(22)16-9-15(13-5-3-7-19-10-13)12-21-17(16)14-6-4-8-20-11-14/h3-12H,2H2,1H3. The van der Waals surface area contributed by atoms with Gasteiger partial charge in [0.2, 0.25) is 0 Å². The lowest BCUT2D eigenvalue weighted by molar-refractivity contribution is 0.0527. The second-order valence-electron chi connectivity index (χ2n) is 4.82. The van der Waals surface area contributed by atoms with Crippen molar-refractivity contribution in [3.63, 3.8) is 0 Å². The molecule has 0 N–H and O–H groups in total. The summed E-state index contributed by atoms with van der Waals surface area (Å²) in [6.07, 6.45) is 8.51. The van der Waals surface area contributed by atoms with Crippen molar-refractivity contribution >= 4 is 5.97 Å². The van der Waals surface area contributed by atoms with Gasteiger partial charge < -0.3 is 4.74 Å². The molecule has 23 heavy (non-hydrogen) atoms. The van der Waals surface area contributed by atoms with Crippen molar-refractivity contribution in [1.82, 2.24) is 15.0 Å². The Balaban J connectivity index is 2.12. The van der Waals surface area contributed by atoms with Gasteiger partial charge in [0.25, 0.3) is 0 Å². The van der Waals surface area contributed by atoms with Crippen molar-refractivity contribution < 1.29 is 9.53 Å². The van der Waals surface area contributed by atoms with Crippen molar-refractivity contribution in [3.05, 3.63) is 66.9 Å². The molecule has 3 heterocycles. The molecule has 0 atom stereocenters. The predicted octanol–water partition coefficient (Wildman–Crippen LogP) is 3.38. The second kappa shape index (κ2) is 6.79. The molecule has 0 saturated heterocycles. The topological polar surface area (TPSA) is 65.0 Å². The zero-order valence-corrected chi connectivity index (χ0v) is 12.6. The van der Waals surface area contributed by atoms with Crippen molar-refractivity contribution in [2.24, 2.45) is 0 Å². The Hall–Kier alpha value is -3.08. The minimum atomic E-state index is -0.399. The van der Waals surface area contributed by atoms with Crippen LogP contribution in [0.4, 0.5) is 0 Å². The van der Waals surface area contributed by atoms with Crippen LogP contribution in [0.25, 0.3) is 22.4 Å². The van der Waals surface area contributed by atoms with E-state index in [0.29, 0.717) is 17.9 Å². The van der Waals surface area contributed by atoms with Gasteiger partial charge in [-0.15, -0.1) is 0 Å². The first-order valence-electron chi connectivity index (χ1n) is 7.27. The summed E-state index contributed by atoms with van der Waals surface area (Å²) in [6, 6.07) is 9.21. The fraction of sp³-hybridized carbons (Fsp3) is 0.111. The summed E-state index contributed by atoms with van der Waals surface area (Å²) >= 11 is 0. The molecule has 0 aromatic carbocycles. The molecule has 5 nitrogen and oxygen atoms in total. The van der Waals surface area contributed by atoms with Crippen LogP contribution >= 0.6 is 0 Å². The van der Waals surface area contributed by atoms with Gasteiger partial charge in [-0.2, -0.15) is 0 Å². The molecule has 0 unspecified atom stereocenters. The summed E-state index contributed by atoms with van der Waals surface area (Å²) in [6.45, 7) is 2.09. The number of hydrogen-bond donors (Lipinski definition) is 0. The van der Waals surface area contributed by atoms with E-state index >= 15 is 0 Å². The zero-order chi connectivity index (χ0) is 16.1. The molecule has 0 radical (unpaired) electrons. The number of esters is 1. The van der Waals surface area contributed by atoms with Gasteiger partial charge >= 0.3 is 5.97 Å². The minimum Gasteiger partial charge on any atom is -0.462 e. The Labute approximate surface area is 134 Å². The summed E-state index contributed by atoms with van der Waals surface area (Å²) in [4.78, 5) is 25.0. The normalized spacial score (nSPS) is 10.3. The fourth-order valence-electron chi connectivity index (χ4n) is 2.25. The van der Waals surface area contributed by atoms with E-state index in [-0.39, 0.29) is 0 Å². The largest absolute Gasteiger partial charge is 0.462 e. The van der Waals surface area contributed by atoms with Gasteiger partial charge in [0.15, 0.2) is 0 Å². The molecular formula is C18H15N3O2. The van der Waals surface area contributed by atoms with Crippen LogP contribution in [0.2, 0.25) is 0 Å². The molecule has 0 aliphatic heterocycles. The Bertz CT molecular complexity index is 805. The lowest BCUT2D eigenvalue weighted by Crippen LogP contribution is -2.08. The van der Waals surface area contributed by atoms with Crippen LogP contribution in [0.15, 0.2) is 61.3 Å². The van der Waals surface area contributed by atoms with Crippen LogP contribution < -0.4 is 0 Å². The summed E-state index contributed by atoms with van der Waals surface area (Å²) < 4.78 is 5.17. The third-order valence-corrected chi connectivity index (χ3v) is 3.31.